The lowest BCUT2D eigenvalue weighted by Crippen LogP contribution is -2.31. The van der Waals surface area contributed by atoms with Gasteiger partial charge in [0.05, 0.1) is 5.75 Å². The molecule has 3 nitrogen and oxygen atoms in total. The van der Waals surface area contributed by atoms with E-state index in [1.54, 1.807) is 6.92 Å². The summed E-state index contributed by atoms with van der Waals surface area (Å²) < 4.78 is 22.8. The van der Waals surface area contributed by atoms with Crippen molar-refractivity contribution in [1.29, 1.82) is 0 Å². The van der Waals surface area contributed by atoms with Gasteiger partial charge in [-0.1, -0.05) is 13.8 Å². The summed E-state index contributed by atoms with van der Waals surface area (Å²) in [4.78, 5) is 0. The van der Waals surface area contributed by atoms with Crippen molar-refractivity contribution in [2.45, 2.75) is 45.6 Å². The van der Waals surface area contributed by atoms with E-state index < -0.39 is 9.84 Å². The molecule has 0 spiro atoms. The Morgan fingerprint density at radius 1 is 1.24 bits per heavy atom. The van der Waals surface area contributed by atoms with Gasteiger partial charge in [-0.25, -0.2) is 8.42 Å². The van der Waals surface area contributed by atoms with E-state index in [1.165, 1.54) is 0 Å². The molecule has 0 aliphatic rings. The first-order valence-electron chi connectivity index (χ1n) is 6.48. The molecule has 0 bridgehead atoms. The minimum atomic E-state index is -2.79. The van der Waals surface area contributed by atoms with Gasteiger partial charge in [0.25, 0.3) is 0 Å². The Hall–Kier alpha value is 0.260. The summed E-state index contributed by atoms with van der Waals surface area (Å²) >= 11 is 1.85. The van der Waals surface area contributed by atoms with Crippen LogP contribution >= 0.6 is 11.8 Å². The number of thioether (sulfide) groups is 1. The summed E-state index contributed by atoms with van der Waals surface area (Å²) in [6.07, 6.45) is 6.13. The Kier molecular flexibility index (Phi) is 10.4. The van der Waals surface area contributed by atoms with Crippen molar-refractivity contribution in [3.05, 3.63) is 0 Å². The van der Waals surface area contributed by atoms with Gasteiger partial charge in [-0.3, -0.25) is 0 Å². The highest BCUT2D eigenvalue weighted by Gasteiger charge is 2.11. The molecule has 0 fully saturated rings. The first-order valence-corrected chi connectivity index (χ1v) is 9.70. The summed E-state index contributed by atoms with van der Waals surface area (Å²) in [5, 5.41) is 3.50. The molecule has 0 aliphatic carbocycles. The third-order valence-electron chi connectivity index (χ3n) is 2.80. The van der Waals surface area contributed by atoms with Gasteiger partial charge in [-0.2, -0.15) is 11.8 Å². The molecule has 0 aromatic rings. The fraction of sp³-hybridized carbons (Fsp3) is 1.00. The summed E-state index contributed by atoms with van der Waals surface area (Å²) in [7, 11) is -2.79. The second-order valence-corrected chi connectivity index (χ2v) is 7.77. The SMILES string of the molecule is CCCNC(CCCS(=O)(=O)CC)CCSC. The predicted molar refractivity (Wildman–Crippen MR) is 78.6 cm³/mol. The van der Waals surface area contributed by atoms with Gasteiger partial charge >= 0.3 is 0 Å². The molecule has 0 saturated heterocycles. The van der Waals surface area contributed by atoms with Crippen LogP contribution in [0.2, 0.25) is 0 Å². The second-order valence-electron chi connectivity index (χ2n) is 4.31. The maximum atomic E-state index is 11.4. The van der Waals surface area contributed by atoms with Crippen LogP contribution in [0.4, 0.5) is 0 Å². The standard InChI is InChI=1S/C12H27NO2S2/c1-4-9-13-12(8-10-16-3)7-6-11-17(14,15)5-2/h12-13H,4-11H2,1-3H3. The number of sulfone groups is 1. The highest BCUT2D eigenvalue weighted by molar-refractivity contribution is 7.98. The highest BCUT2D eigenvalue weighted by Crippen LogP contribution is 2.08. The minimum Gasteiger partial charge on any atom is -0.314 e. The zero-order chi connectivity index (χ0) is 13.1. The van der Waals surface area contributed by atoms with Gasteiger partial charge in [0.2, 0.25) is 0 Å². The molecule has 0 radical (unpaired) electrons. The van der Waals surface area contributed by atoms with Gasteiger partial charge in [0, 0.05) is 11.8 Å². The molecule has 0 rings (SSSR count). The number of nitrogens with one attached hydrogen (secondary N) is 1. The molecular formula is C12H27NO2S2. The van der Waals surface area contributed by atoms with E-state index in [0.717, 1.165) is 38.0 Å². The Labute approximate surface area is 111 Å². The van der Waals surface area contributed by atoms with Crippen molar-refractivity contribution >= 4 is 21.6 Å². The van der Waals surface area contributed by atoms with E-state index in [-0.39, 0.29) is 5.75 Å². The van der Waals surface area contributed by atoms with Crippen molar-refractivity contribution in [2.24, 2.45) is 0 Å². The molecule has 0 amide bonds. The van der Waals surface area contributed by atoms with E-state index in [4.69, 9.17) is 0 Å². The molecule has 104 valence electrons. The Balaban J connectivity index is 3.89. The molecule has 0 saturated carbocycles. The third kappa shape index (κ3) is 9.92. The molecule has 5 heteroatoms. The monoisotopic (exact) mass is 281 g/mol. The summed E-state index contributed by atoms with van der Waals surface area (Å²) in [6.45, 7) is 4.90. The van der Waals surface area contributed by atoms with E-state index in [2.05, 4.69) is 18.5 Å². The predicted octanol–water partition coefficient (Wildman–Crippen LogP) is 2.32. The van der Waals surface area contributed by atoms with Crippen LogP contribution in [0.3, 0.4) is 0 Å². The van der Waals surface area contributed by atoms with Crippen LogP contribution in [0.25, 0.3) is 0 Å². The van der Waals surface area contributed by atoms with Crippen molar-refractivity contribution in [3.8, 4) is 0 Å². The van der Waals surface area contributed by atoms with Gasteiger partial charge in [0.1, 0.15) is 9.84 Å². The lowest BCUT2D eigenvalue weighted by atomic mass is 10.1. The summed E-state index contributed by atoms with van der Waals surface area (Å²) in [6, 6.07) is 0.481. The van der Waals surface area contributed by atoms with Crippen LogP contribution in [0.1, 0.15) is 39.5 Å². The number of rotatable bonds is 11. The van der Waals surface area contributed by atoms with Crippen LogP contribution in [0.5, 0.6) is 0 Å². The van der Waals surface area contributed by atoms with Crippen LogP contribution in [0.15, 0.2) is 0 Å². The van der Waals surface area contributed by atoms with E-state index in [0.29, 0.717) is 11.8 Å². The first kappa shape index (κ1) is 17.3. The van der Waals surface area contributed by atoms with Crippen LogP contribution in [-0.2, 0) is 9.84 Å². The van der Waals surface area contributed by atoms with Gasteiger partial charge in [-0.05, 0) is 44.2 Å². The van der Waals surface area contributed by atoms with Crippen LogP contribution in [-0.4, -0.2) is 44.5 Å². The quantitative estimate of drug-likeness (QED) is 0.631. The highest BCUT2D eigenvalue weighted by atomic mass is 32.2. The average molecular weight is 281 g/mol. The zero-order valence-corrected chi connectivity index (χ0v) is 13.0. The Morgan fingerprint density at radius 2 is 1.94 bits per heavy atom. The topological polar surface area (TPSA) is 46.2 Å². The fourth-order valence-electron chi connectivity index (χ4n) is 1.65. The molecule has 0 aromatic heterocycles. The molecule has 0 heterocycles. The maximum Gasteiger partial charge on any atom is 0.150 e. The zero-order valence-electron chi connectivity index (χ0n) is 11.4. The lowest BCUT2D eigenvalue weighted by Gasteiger charge is -2.17. The molecular weight excluding hydrogens is 254 g/mol. The molecule has 1 atom stereocenters. The van der Waals surface area contributed by atoms with Crippen molar-refractivity contribution < 1.29 is 8.42 Å². The largest absolute Gasteiger partial charge is 0.314 e. The van der Waals surface area contributed by atoms with Gasteiger partial charge in [-0.15, -0.1) is 0 Å². The van der Waals surface area contributed by atoms with Gasteiger partial charge < -0.3 is 5.32 Å². The smallest absolute Gasteiger partial charge is 0.150 e. The van der Waals surface area contributed by atoms with E-state index in [1.807, 2.05) is 11.8 Å². The lowest BCUT2D eigenvalue weighted by molar-refractivity contribution is 0.465. The van der Waals surface area contributed by atoms with Crippen LogP contribution < -0.4 is 5.32 Å². The van der Waals surface area contributed by atoms with E-state index in [9.17, 15) is 8.42 Å². The molecule has 0 aliphatic heterocycles. The summed E-state index contributed by atoms with van der Waals surface area (Å²) in [5.74, 6) is 1.75. The van der Waals surface area contributed by atoms with Crippen molar-refractivity contribution in [2.75, 3.05) is 30.1 Å². The Bertz CT molecular complexity index is 258. The molecule has 1 unspecified atom stereocenters. The maximum absolute atomic E-state index is 11.4. The fourth-order valence-corrected chi connectivity index (χ4v) is 3.07. The van der Waals surface area contributed by atoms with Crippen LogP contribution in [0, 0.1) is 0 Å². The van der Waals surface area contributed by atoms with E-state index >= 15 is 0 Å². The van der Waals surface area contributed by atoms with Gasteiger partial charge in [0.15, 0.2) is 0 Å². The third-order valence-corrected chi connectivity index (χ3v) is 5.24. The average Bonchev–Trinajstić information content (AvgIpc) is 2.31. The minimum absolute atomic E-state index is 0.269. The normalized spacial score (nSPS) is 13.8. The second kappa shape index (κ2) is 10.2. The first-order chi connectivity index (χ1) is 8.05. The number of hydrogen-bond donors (Lipinski definition) is 1. The Morgan fingerprint density at radius 3 is 2.47 bits per heavy atom. The van der Waals surface area contributed by atoms with Crippen molar-refractivity contribution in [1.82, 2.24) is 5.32 Å². The molecule has 17 heavy (non-hydrogen) atoms. The summed E-state index contributed by atoms with van der Waals surface area (Å²) in [5.41, 5.74) is 0. The molecule has 0 aromatic carbocycles. The van der Waals surface area contributed by atoms with Crippen molar-refractivity contribution in [3.63, 3.8) is 0 Å². The number of hydrogen-bond acceptors (Lipinski definition) is 4. The molecule has 1 N–H and O–H groups in total.